The standard InChI is InChI=1S/C6H10N3OP3.C5H11Cl/c1-2-4-6(5-3-1)10-9-12-7-11-8-13-9;1-2-3-4-5-6/h1-5,7-8,11-13H;2-5H2,1H3. The lowest BCUT2D eigenvalue weighted by Crippen LogP contribution is -2.19. The zero-order chi connectivity index (χ0) is 13.8. The van der Waals surface area contributed by atoms with Gasteiger partial charge in [-0.05, 0) is 18.6 Å². The Morgan fingerprint density at radius 2 is 1.84 bits per heavy atom. The number of hydrogen-bond donors (Lipinski definition) is 2. The van der Waals surface area contributed by atoms with E-state index in [-0.39, 0.29) is 0 Å². The second kappa shape index (κ2) is 12.2. The van der Waals surface area contributed by atoms with Gasteiger partial charge in [-0.1, -0.05) is 42.6 Å². The Labute approximate surface area is 126 Å². The number of hydrogen-bond acceptors (Lipinski definition) is 4. The summed E-state index contributed by atoms with van der Waals surface area (Å²) in [5.74, 6) is 1.71. The molecular weight excluding hydrogens is 319 g/mol. The molecule has 0 amide bonds. The quantitative estimate of drug-likeness (QED) is 0.473. The van der Waals surface area contributed by atoms with E-state index in [0.29, 0.717) is 26.6 Å². The van der Waals surface area contributed by atoms with Crippen LogP contribution >= 0.6 is 38.2 Å². The highest BCUT2D eigenvalue weighted by Gasteiger charge is 2.10. The van der Waals surface area contributed by atoms with E-state index in [2.05, 4.69) is 16.6 Å². The van der Waals surface area contributed by atoms with Gasteiger partial charge in [-0.25, -0.2) is 0 Å². The lowest BCUT2D eigenvalue weighted by atomic mass is 10.3. The Morgan fingerprint density at radius 1 is 1.16 bits per heavy atom. The minimum atomic E-state index is 0.542. The summed E-state index contributed by atoms with van der Waals surface area (Å²) in [6.07, 6.45) is 3.73. The molecule has 0 saturated carbocycles. The summed E-state index contributed by atoms with van der Waals surface area (Å²) < 4.78 is 1.89. The van der Waals surface area contributed by atoms with Crippen molar-refractivity contribution in [3.05, 3.63) is 30.3 Å². The third-order valence-electron chi connectivity index (χ3n) is 2.12. The molecule has 108 valence electrons. The Balaban J connectivity index is 0.000000258. The van der Waals surface area contributed by atoms with Gasteiger partial charge in [0.2, 0.25) is 0 Å². The number of rotatable bonds is 5. The van der Waals surface area contributed by atoms with Crippen molar-refractivity contribution in [3.63, 3.8) is 0 Å². The SMILES string of the molecule is CCCCCCl.c1ccc(ON2PNPNP2)cc1. The first-order valence-corrected chi connectivity index (χ1v) is 9.65. The molecule has 1 fully saturated rings. The zero-order valence-electron chi connectivity index (χ0n) is 10.9. The van der Waals surface area contributed by atoms with Gasteiger partial charge in [-0.15, -0.1) is 11.6 Å². The first-order valence-electron chi connectivity index (χ1n) is 6.22. The van der Waals surface area contributed by atoms with Gasteiger partial charge in [0.05, 0.1) is 17.8 Å². The van der Waals surface area contributed by atoms with Gasteiger partial charge in [0, 0.05) is 14.8 Å². The Bertz CT molecular complexity index is 311. The van der Waals surface area contributed by atoms with E-state index in [1.54, 1.807) is 0 Å². The summed E-state index contributed by atoms with van der Waals surface area (Å²) in [7, 11) is 1.73. The summed E-state index contributed by atoms with van der Waals surface area (Å²) in [6.45, 7) is 2.17. The Kier molecular flexibility index (Phi) is 11.3. The van der Waals surface area contributed by atoms with Gasteiger partial charge in [0.1, 0.15) is 5.75 Å². The molecule has 1 aromatic rings. The molecule has 0 radical (unpaired) electrons. The summed E-state index contributed by atoms with van der Waals surface area (Å²) >= 11 is 5.38. The summed E-state index contributed by atoms with van der Waals surface area (Å²) in [5, 5.41) is 0. The van der Waals surface area contributed by atoms with Gasteiger partial charge in [-0.2, -0.15) is 0 Å². The normalized spacial score (nSPS) is 19.3. The maximum absolute atomic E-state index is 5.59. The first kappa shape index (κ1) is 17.5. The molecule has 8 heteroatoms. The van der Waals surface area contributed by atoms with Crippen molar-refractivity contribution in [1.29, 1.82) is 0 Å². The fourth-order valence-corrected chi connectivity index (χ4v) is 4.99. The molecule has 1 aliphatic rings. The van der Waals surface area contributed by atoms with Crippen molar-refractivity contribution in [1.82, 2.24) is 14.3 Å². The lowest BCUT2D eigenvalue weighted by molar-refractivity contribution is 0.146. The van der Waals surface area contributed by atoms with E-state index in [0.717, 1.165) is 11.6 Å². The average molecular weight is 340 g/mol. The molecule has 0 aliphatic carbocycles. The largest absolute Gasteiger partial charge is 0.397 e. The molecular formula is C11H21ClN3OP3. The van der Waals surface area contributed by atoms with Crippen LogP contribution in [-0.4, -0.2) is 10.5 Å². The topological polar surface area (TPSA) is 36.5 Å². The number of benzene rings is 1. The number of unbranched alkanes of at least 4 members (excludes halogenated alkanes) is 2. The van der Waals surface area contributed by atoms with Crippen LogP contribution in [-0.2, 0) is 0 Å². The van der Waals surface area contributed by atoms with E-state index in [1.165, 1.54) is 19.3 Å². The molecule has 2 N–H and O–H groups in total. The van der Waals surface area contributed by atoms with Crippen molar-refractivity contribution in [2.24, 2.45) is 0 Å². The molecule has 0 bridgehead atoms. The number of halogens is 1. The van der Waals surface area contributed by atoms with Crippen molar-refractivity contribution in [2.75, 3.05) is 5.88 Å². The summed E-state index contributed by atoms with van der Waals surface area (Å²) in [5.41, 5.74) is 0. The van der Waals surface area contributed by atoms with Crippen LogP contribution in [0.15, 0.2) is 30.3 Å². The molecule has 4 nitrogen and oxygen atoms in total. The molecule has 2 atom stereocenters. The molecule has 2 unspecified atom stereocenters. The third-order valence-corrected chi connectivity index (χ3v) is 5.54. The molecule has 1 aromatic carbocycles. The van der Waals surface area contributed by atoms with E-state index in [1.807, 2.05) is 34.9 Å². The Morgan fingerprint density at radius 3 is 2.37 bits per heavy atom. The summed E-state index contributed by atoms with van der Waals surface area (Å²) in [4.78, 5) is 12.0. The van der Waals surface area contributed by atoms with Crippen LogP contribution in [0.2, 0.25) is 0 Å². The van der Waals surface area contributed by atoms with Crippen molar-refractivity contribution < 1.29 is 4.84 Å². The maximum Gasteiger partial charge on any atom is 0.148 e. The third kappa shape index (κ3) is 9.10. The van der Waals surface area contributed by atoms with Crippen LogP contribution in [0.4, 0.5) is 0 Å². The van der Waals surface area contributed by atoms with E-state index < -0.39 is 0 Å². The van der Waals surface area contributed by atoms with Crippen LogP contribution < -0.4 is 14.6 Å². The molecule has 1 heterocycles. The fourth-order valence-electron chi connectivity index (χ4n) is 1.19. The van der Waals surface area contributed by atoms with Crippen molar-refractivity contribution >= 4 is 38.2 Å². The molecule has 1 saturated heterocycles. The number of nitrogens with one attached hydrogen (secondary N) is 2. The van der Waals surface area contributed by atoms with Crippen LogP contribution in [0.1, 0.15) is 26.2 Å². The van der Waals surface area contributed by atoms with Gasteiger partial charge in [-0.3, -0.25) is 9.72 Å². The summed E-state index contributed by atoms with van der Waals surface area (Å²) in [6, 6.07) is 9.81. The second-order valence-electron chi connectivity index (χ2n) is 3.69. The predicted octanol–water partition coefficient (Wildman–Crippen LogP) is 4.42. The fraction of sp³-hybridized carbons (Fsp3) is 0.455. The molecule has 1 aliphatic heterocycles. The highest BCUT2D eigenvalue weighted by molar-refractivity contribution is 7.65. The van der Waals surface area contributed by atoms with E-state index in [4.69, 9.17) is 16.4 Å². The monoisotopic (exact) mass is 339 g/mol. The van der Waals surface area contributed by atoms with Gasteiger partial charge in [0.15, 0.2) is 0 Å². The predicted molar refractivity (Wildman–Crippen MR) is 90.4 cm³/mol. The van der Waals surface area contributed by atoms with Gasteiger partial charge in [0.25, 0.3) is 0 Å². The molecule has 19 heavy (non-hydrogen) atoms. The second-order valence-corrected chi connectivity index (χ2v) is 8.03. The van der Waals surface area contributed by atoms with Crippen LogP contribution in [0.25, 0.3) is 0 Å². The number of nitrogens with zero attached hydrogens (tertiary/aromatic N) is 1. The van der Waals surface area contributed by atoms with E-state index in [9.17, 15) is 0 Å². The average Bonchev–Trinajstić information content (AvgIpc) is 2.48. The zero-order valence-corrected chi connectivity index (χ0v) is 14.7. The number of para-hydroxylation sites is 1. The highest BCUT2D eigenvalue weighted by atomic mass is 35.5. The van der Waals surface area contributed by atoms with Gasteiger partial charge >= 0.3 is 0 Å². The van der Waals surface area contributed by atoms with E-state index >= 15 is 0 Å². The smallest absolute Gasteiger partial charge is 0.148 e. The first-order chi connectivity index (χ1) is 9.36. The Hall–Kier alpha value is 0.480. The van der Waals surface area contributed by atoms with Crippen LogP contribution in [0.5, 0.6) is 5.75 Å². The molecule has 2 rings (SSSR count). The highest BCUT2D eigenvalue weighted by Crippen LogP contribution is 2.37. The minimum absolute atomic E-state index is 0.542. The van der Waals surface area contributed by atoms with Crippen LogP contribution in [0, 0.1) is 0 Å². The molecule has 0 spiro atoms. The molecule has 0 aromatic heterocycles. The van der Waals surface area contributed by atoms with Crippen molar-refractivity contribution in [3.8, 4) is 5.75 Å². The minimum Gasteiger partial charge on any atom is -0.397 e. The van der Waals surface area contributed by atoms with Crippen LogP contribution in [0.3, 0.4) is 0 Å². The lowest BCUT2D eigenvalue weighted by Gasteiger charge is -2.26. The van der Waals surface area contributed by atoms with Crippen molar-refractivity contribution in [2.45, 2.75) is 26.2 Å². The number of alkyl halides is 1. The maximum atomic E-state index is 5.59. The van der Waals surface area contributed by atoms with Gasteiger partial charge < -0.3 is 4.84 Å².